The smallest absolute Gasteiger partial charge is 0.319 e. The van der Waals surface area contributed by atoms with Gasteiger partial charge >= 0.3 is 5.97 Å². The van der Waals surface area contributed by atoms with E-state index in [0.717, 1.165) is 13.1 Å². The summed E-state index contributed by atoms with van der Waals surface area (Å²) >= 11 is 0. The molecule has 0 aliphatic carbocycles. The average Bonchev–Trinajstić information content (AvgIpc) is 2.26. The molecule has 1 heterocycles. The van der Waals surface area contributed by atoms with Crippen LogP contribution in [0.2, 0.25) is 0 Å². The number of piperidine rings is 1. The van der Waals surface area contributed by atoms with Crippen molar-refractivity contribution in [3.8, 4) is 0 Å². The number of likely N-dealkylation sites (tertiary alicyclic amines) is 1. The lowest BCUT2D eigenvalue weighted by Crippen LogP contribution is -2.37. The van der Waals surface area contributed by atoms with Crippen LogP contribution in [-0.2, 0) is 9.53 Å². The van der Waals surface area contributed by atoms with E-state index in [2.05, 4.69) is 10.2 Å². The predicted molar refractivity (Wildman–Crippen MR) is 59.8 cm³/mol. The van der Waals surface area contributed by atoms with Crippen molar-refractivity contribution in [1.29, 1.82) is 0 Å². The summed E-state index contributed by atoms with van der Waals surface area (Å²) in [5.74, 6) is -0.156. The minimum absolute atomic E-state index is 0.156. The van der Waals surface area contributed by atoms with E-state index in [1.54, 1.807) is 0 Å². The molecule has 1 fully saturated rings. The first-order valence-corrected chi connectivity index (χ1v) is 5.91. The number of hydrogen-bond acceptors (Lipinski definition) is 4. The molecule has 0 spiro atoms. The van der Waals surface area contributed by atoms with Crippen LogP contribution in [0, 0.1) is 0 Å². The Hall–Kier alpha value is -0.610. The zero-order valence-electron chi connectivity index (χ0n) is 9.63. The maximum atomic E-state index is 11.0. The van der Waals surface area contributed by atoms with Gasteiger partial charge in [-0.1, -0.05) is 6.42 Å². The summed E-state index contributed by atoms with van der Waals surface area (Å²) in [6, 6.07) is 0. The first-order valence-electron chi connectivity index (χ1n) is 5.91. The molecule has 0 amide bonds. The number of carbonyl (C=O) groups excluding carboxylic acids is 1. The molecular formula is C11H22N2O2. The Morgan fingerprint density at radius 3 is 2.73 bits per heavy atom. The first-order chi connectivity index (χ1) is 7.33. The van der Waals surface area contributed by atoms with E-state index in [9.17, 15) is 4.79 Å². The number of nitrogens with one attached hydrogen (secondary N) is 1. The third-order valence-electron chi connectivity index (χ3n) is 2.63. The lowest BCUT2D eigenvalue weighted by atomic mass is 10.1. The number of hydrogen-bond donors (Lipinski definition) is 1. The van der Waals surface area contributed by atoms with Crippen LogP contribution >= 0.6 is 0 Å². The van der Waals surface area contributed by atoms with Gasteiger partial charge in [0.25, 0.3) is 0 Å². The summed E-state index contributed by atoms with van der Waals surface area (Å²) in [7, 11) is 0. The largest absolute Gasteiger partial charge is 0.465 e. The summed E-state index contributed by atoms with van der Waals surface area (Å²) < 4.78 is 4.82. The van der Waals surface area contributed by atoms with Crippen molar-refractivity contribution in [3.63, 3.8) is 0 Å². The van der Waals surface area contributed by atoms with Crippen LogP contribution in [0.1, 0.15) is 26.2 Å². The fraction of sp³-hybridized carbons (Fsp3) is 0.909. The first kappa shape index (κ1) is 12.5. The highest BCUT2D eigenvalue weighted by atomic mass is 16.5. The highest BCUT2D eigenvalue weighted by Gasteiger charge is 2.09. The Kier molecular flexibility index (Phi) is 6.36. The van der Waals surface area contributed by atoms with Gasteiger partial charge in [-0.15, -0.1) is 0 Å². The molecule has 0 atom stereocenters. The van der Waals surface area contributed by atoms with E-state index >= 15 is 0 Å². The van der Waals surface area contributed by atoms with Crippen molar-refractivity contribution in [3.05, 3.63) is 0 Å². The van der Waals surface area contributed by atoms with Gasteiger partial charge in [0.1, 0.15) is 0 Å². The van der Waals surface area contributed by atoms with Gasteiger partial charge in [-0.3, -0.25) is 4.79 Å². The number of carbonyl (C=O) groups is 1. The van der Waals surface area contributed by atoms with Gasteiger partial charge in [0.15, 0.2) is 0 Å². The minimum atomic E-state index is -0.156. The quantitative estimate of drug-likeness (QED) is 0.520. The van der Waals surface area contributed by atoms with Gasteiger partial charge in [0.05, 0.1) is 13.2 Å². The highest BCUT2D eigenvalue weighted by Crippen LogP contribution is 2.07. The summed E-state index contributed by atoms with van der Waals surface area (Å²) in [6.07, 6.45) is 4.00. The van der Waals surface area contributed by atoms with Gasteiger partial charge in [-0.25, -0.2) is 0 Å². The lowest BCUT2D eigenvalue weighted by molar-refractivity contribution is -0.142. The van der Waals surface area contributed by atoms with Crippen LogP contribution in [0.3, 0.4) is 0 Å². The van der Waals surface area contributed by atoms with E-state index in [0.29, 0.717) is 13.2 Å². The molecule has 0 saturated carbocycles. The Bertz CT molecular complexity index is 179. The standard InChI is InChI=1S/C11H22N2O2/c1-2-15-11(14)10-12-6-9-13-7-4-3-5-8-13/h12H,2-10H2,1H3. The molecule has 1 saturated heterocycles. The average molecular weight is 214 g/mol. The maximum absolute atomic E-state index is 11.0. The maximum Gasteiger partial charge on any atom is 0.319 e. The molecular weight excluding hydrogens is 192 g/mol. The highest BCUT2D eigenvalue weighted by molar-refractivity contribution is 5.71. The zero-order chi connectivity index (χ0) is 10.9. The number of esters is 1. The number of rotatable bonds is 6. The monoisotopic (exact) mass is 214 g/mol. The second kappa shape index (κ2) is 7.65. The molecule has 1 N–H and O–H groups in total. The van der Waals surface area contributed by atoms with Crippen molar-refractivity contribution in [2.45, 2.75) is 26.2 Å². The van der Waals surface area contributed by atoms with Crippen molar-refractivity contribution in [1.82, 2.24) is 10.2 Å². The summed E-state index contributed by atoms with van der Waals surface area (Å²) in [5, 5.41) is 3.10. The van der Waals surface area contributed by atoms with Crippen LogP contribution in [0.25, 0.3) is 0 Å². The molecule has 4 heteroatoms. The summed E-state index contributed by atoms with van der Waals surface area (Å²) in [6.45, 7) is 6.96. The fourth-order valence-electron chi connectivity index (χ4n) is 1.82. The molecule has 0 aromatic heterocycles. The lowest BCUT2D eigenvalue weighted by Gasteiger charge is -2.26. The summed E-state index contributed by atoms with van der Waals surface area (Å²) in [5.41, 5.74) is 0. The van der Waals surface area contributed by atoms with Crippen LogP contribution < -0.4 is 5.32 Å². The van der Waals surface area contributed by atoms with Gasteiger partial charge in [0, 0.05) is 13.1 Å². The van der Waals surface area contributed by atoms with Crippen LogP contribution in [0.4, 0.5) is 0 Å². The molecule has 0 aromatic rings. The Morgan fingerprint density at radius 2 is 2.07 bits per heavy atom. The minimum Gasteiger partial charge on any atom is -0.465 e. The Balaban J connectivity index is 1.93. The number of ether oxygens (including phenoxy) is 1. The molecule has 88 valence electrons. The second-order valence-corrected chi connectivity index (χ2v) is 3.88. The molecule has 0 radical (unpaired) electrons. The van der Waals surface area contributed by atoms with Gasteiger partial charge < -0.3 is 15.0 Å². The fourth-order valence-corrected chi connectivity index (χ4v) is 1.82. The molecule has 15 heavy (non-hydrogen) atoms. The molecule has 1 aliphatic heterocycles. The van der Waals surface area contributed by atoms with Crippen molar-refractivity contribution in [2.24, 2.45) is 0 Å². The van der Waals surface area contributed by atoms with E-state index in [4.69, 9.17) is 4.74 Å². The third-order valence-corrected chi connectivity index (χ3v) is 2.63. The molecule has 0 unspecified atom stereocenters. The van der Waals surface area contributed by atoms with E-state index in [1.165, 1.54) is 32.4 Å². The van der Waals surface area contributed by atoms with Crippen molar-refractivity contribution in [2.75, 3.05) is 39.3 Å². The predicted octanol–water partition coefficient (Wildman–Crippen LogP) is 0.625. The Morgan fingerprint density at radius 1 is 1.33 bits per heavy atom. The van der Waals surface area contributed by atoms with Crippen LogP contribution in [-0.4, -0.2) is 50.2 Å². The number of nitrogens with zero attached hydrogens (tertiary/aromatic N) is 1. The zero-order valence-corrected chi connectivity index (χ0v) is 9.63. The molecule has 1 rings (SSSR count). The Labute approximate surface area is 92.0 Å². The molecule has 0 bridgehead atoms. The van der Waals surface area contributed by atoms with Gasteiger partial charge in [-0.05, 0) is 32.9 Å². The molecule has 1 aliphatic rings. The van der Waals surface area contributed by atoms with Crippen LogP contribution in [0.15, 0.2) is 0 Å². The third kappa shape index (κ3) is 5.74. The normalized spacial score (nSPS) is 17.7. The van der Waals surface area contributed by atoms with E-state index in [1.807, 2.05) is 6.92 Å². The van der Waals surface area contributed by atoms with Gasteiger partial charge in [-0.2, -0.15) is 0 Å². The van der Waals surface area contributed by atoms with Gasteiger partial charge in [0.2, 0.25) is 0 Å². The van der Waals surface area contributed by atoms with Crippen molar-refractivity contribution < 1.29 is 9.53 Å². The second-order valence-electron chi connectivity index (χ2n) is 3.88. The molecule has 4 nitrogen and oxygen atoms in total. The van der Waals surface area contributed by atoms with Crippen LogP contribution in [0.5, 0.6) is 0 Å². The molecule has 0 aromatic carbocycles. The van der Waals surface area contributed by atoms with E-state index in [-0.39, 0.29) is 5.97 Å². The SMILES string of the molecule is CCOC(=O)CNCCN1CCCCC1. The van der Waals surface area contributed by atoms with Crippen molar-refractivity contribution >= 4 is 5.97 Å². The summed E-state index contributed by atoms with van der Waals surface area (Å²) in [4.78, 5) is 13.4. The topological polar surface area (TPSA) is 41.6 Å². The van der Waals surface area contributed by atoms with E-state index < -0.39 is 0 Å².